The summed E-state index contributed by atoms with van der Waals surface area (Å²) in [5.74, 6) is 2.34. The molecule has 3 unspecified atom stereocenters. The zero-order chi connectivity index (χ0) is 21.2. The largest absolute Gasteiger partial charge is 0.381 e. The summed E-state index contributed by atoms with van der Waals surface area (Å²) in [7, 11) is 0. The highest BCUT2D eigenvalue weighted by Crippen LogP contribution is 2.67. The molecule has 6 atom stereocenters. The lowest BCUT2D eigenvalue weighted by Crippen LogP contribution is -2.58. The summed E-state index contributed by atoms with van der Waals surface area (Å²) in [6.07, 6.45) is 9.33. The maximum absolute atomic E-state index is 13.2. The summed E-state index contributed by atoms with van der Waals surface area (Å²) in [4.78, 5) is 25.2. The molecule has 3 nitrogen and oxygen atoms in total. The van der Waals surface area contributed by atoms with Crippen molar-refractivity contribution in [2.75, 3.05) is 5.75 Å². The van der Waals surface area contributed by atoms with Crippen molar-refractivity contribution < 1.29 is 14.7 Å². The molecule has 0 heterocycles. The highest BCUT2D eigenvalue weighted by atomic mass is 32.2. The molecule has 0 aliphatic heterocycles. The van der Waals surface area contributed by atoms with Crippen LogP contribution in [0.3, 0.4) is 0 Å². The van der Waals surface area contributed by atoms with Crippen molar-refractivity contribution in [3.05, 3.63) is 11.6 Å². The van der Waals surface area contributed by atoms with Gasteiger partial charge in [0.2, 0.25) is 0 Å². The van der Waals surface area contributed by atoms with Crippen molar-refractivity contribution in [1.82, 2.24) is 0 Å². The average Bonchev–Trinajstić information content (AvgIpc) is 2.92. The van der Waals surface area contributed by atoms with Crippen molar-refractivity contribution in [1.29, 1.82) is 0 Å². The second-order valence-corrected chi connectivity index (χ2v) is 13.5. The molecule has 0 spiro atoms. The molecule has 0 bridgehead atoms. The lowest BCUT2D eigenvalue weighted by atomic mass is 9.46. The van der Waals surface area contributed by atoms with Crippen LogP contribution in [0.2, 0.25) is 0 Å². The van der Waals surface area contributed by atoms with E-state index < -0.39 is 5.60 Å². The molecule has 4 aliphatic rings. The molecular formula is C25H38O3S. The van der Waals surface area contributed by atoms with E-state index >= 15 is 0 Å². The fourth-order valence-corrected chi connectivity index (χ4v) is 8.24. The zero-order valence-electron chi connectivity index (χ0n) is 18.8. The van der Waals surface area contributed by atoms with E-state index in [9.17, 15) is 14.7 Å². The van der Waals surface area contributed by atoms with Crippen molar-refractivity contribution in [2.24, 2.45) is 28.6 Å². The fraction of sp³-hybridized carbons (Fsp3) is 0.840. The molecule has 0 aromatic rings. The normalized spacial score (nSPS) is 44.6. The van der Waals surface area contributed by atoms with E-state index in [2.05, 4.69) is 34.6 Å². The number of carbonyl (C=O) groups is 2. The van der Waals surface area contributed by atoms with Gasteiger partial charge in [0.15, 0.2) is 11.6 Å². The molecule has 1 N–H and O–H groups in total. The molecule has 4 aliphatic carbocycles. The maximum atomic E-state index is 13.2. The Bertz CT molecular complexity index is 750. The van der Waals surface area contributed by atoms with Gasteiger partial charge in [0, 0.05) is 16.6 Å². The minimum absolute atomic E-state index is 0.0295. The molecule has 4 rings (SSSR count). The van der Waals surface area contributed by atoms with Gasteiger partial charge in [-0.3, -0.25) is 9.59 Å². The Kier molecular flexibility index (Phi) is 5.18. The van der Waals surface area contributed by atoms with E-state index in [1.54, 1.807) is 11.8 Å². The lowest BCUT2D eigenvalue weighted by Gasteiger charge is -2.58. The minimum atomic E-state index is -1.17. The van der Waals surface area contributed by atoms with Gasteiger partial charge in [-0.05, 0) is 74.2 Å². The number of Topliss-reactive ketones (excluding diaryl/α,β-unsaturated/α-hetero) is 1. The van der Waals surface area contributed by atoms with Crippen LogP contribution in [0.1, 0.15) is 86.0 Å². The molecule has 0 amide bonds. The first kappa shape index (κ1) is 21.6. The van der Waals surface area contributed by atoms with Gasteiger partial charge in [-0.1, -0.05) is 40.2 Å². The Morgan fingerprint density at radius 1 is 1.10 bits per heavy atom. The van der Waals surface area contributed by atoms with Crippen molar-refractivity contribution >= 4 is 23.3 Å². The Labute approximate surface area is 180 Å². The minimum Gasteiger partial charge on any atom is -0.381 e. The molecule has 162 valence electrons. The van der Waals surface area contributed by atoms with Gasteiger partial charge in [-0.2, -0.15) is 0 Å². The first-order valence-corrected chi connectivity index (χ1v) is 12.5. The number of allylic oxidation sites excluding steroid dienone is 1. The molecule has 4 heteroatoms. The highest BCUT2D eigenvalue weighted by Gasteiger charge is 2.66. The van der Waals surface area contributed by atoms with Gasteiger partial charge in [0.1, 0.15) is 5.60 Å². The van der Waals surface area contributed by atoms with Crippen LogP contribution in [0, 0.1) is 28.6 Å². The standard InChI is InChI=1S/C25H38O3S/c1-22(2,3)29-15-21(27)25(28)13-10-20-18-7-6-16-14-17(26)8-11-23(16,4)19(18)9-12-24(20,25)5/h14,18-20,28H,6-13,15H2,1-5H3/t18?,19?,20?,23-,24-,25+/m0/s1. The van der Waals surface area contributed by atoms with Crippen LogP contribution in [0.25, 0.3) is 0 Å². The highest BCUT2D eigenvalue weighted by molar-refractivity contribution is 8.01. The Hall–Kier alpha value is -0.610. The zero-order valence-corrected chi connectivity index (χ0v) is 19.7. The second-order valence-electron chi connectivity index (χ2n) is 11.6. The van der Waals surface area contributed by atoms with E-state index in [0.29, 0.717) is 42.1 Å². The average molecular weight is 419 g/mol. The predicted octanol–water partition coefficient (Wildman–Crippen LogP) is 5.35. The number of ketones is 2. The van der Waals surface area contributed by atoms with E-state index in [0.717, 1.165) is 38.5 Å². The molecule has 3 saturated carbocycles. The fourth-order valence-electron chi connectivity index (χ4n) is 7.43. The topological polar surface area (TPSA) is 54.4 Å². The summed E-state index contributed by atoms with van der Waals surface area (Å²) < 4.78 is 0.0295. The van der Waals surface area contributed by atoms with Gasteiger partial charge >= 0.3 is 0 Å². The monoisotopic (exact) mass is 418 g/mol. The number of rotatable bonds is 3. The van der Waals surface area contributed by atoms with E-state index in [4.69, 9.17) is 0 Å². The molecule has 3 fully saturated rings. The molecule has 0 aromatic carbocycles. The summed E-state index contributed by atoms with van der Waals surface area (Å²) in [5.41, 5.74) is 0.0569. The lowest BCUT2D eigenvalue weighted by molar-refractivity contribution is -0.159. The Balaban J connectivity index is 1.58. The molecule has 0 aromatic heterocycles. The summed E-state index contributed by atoms with van der Waals surface area (Å²) in [5, 5.41) is 11.7. The third-order valence-corrected chi connectivity index (χ3v) is 10.5. The molecule has 0 saturated heterocycles. The van der Waals surface area contributed by atoms with Gasteiger partial charge in [-0.25, -0.2) is 0 Å². The molecule has 0 radical (unpaired) electrons. The third kappa shape index (κ3) is 3.28. The number of hydrogen-bond donors (Lipinski definition) is 1. The Morgan fingerprint density at radius 2 is 1.79 bits per heavy atom. The van der Waals surface area contributed by atoms with Crippen LogP contribution in [-0.4, -0.2) is 32.8 Å². The summed E-state index contributed by atoms with van der Waals surface area (Å²) in [6, 6.07) is 0. The van der Waals surface area contributed by atoms with Crippen LogP contribution in [0.5, 0.6) is 0 Å². The van der Waals surface area contributed by atoms with Crippen LogP contribution in [0.15, 0.2) is 11.6 Å². The van der Waals surface area contributed by atoms with E-state index in [-0.39, 0.29) is 21.4 Å². The number of aliphatic hydroxyl groups is 1. The van der Waals surface area contributed by atoms with Crippen LogP contribution in [0.4, 0.5) is 0 Å². The number of carbonyl (C=O) groups excluding carboxylic acids is 2. The van der Waals surface area contributed by atoms with Crippen LogP contribution >= 0.6 is 11.8 Å². The summed E-state index contributed by atoms with van der Waals surface area (Å²) >= 11 is 1.65. The maximum Gasteiger partial charge on any atom is 0.174 e. The van der Waals surface area contributed by atoms with E-state index in [1.165, 1.54) is 5.57 Å². The van der Waals surface area contributed by atoms with Gasteiger partial charge in [0.05, 0.1) is 5.75 Å². The molecule has 29 heavy (non-hydrogen) atoms. The second kappa shape index (κ2) is 6.95. The van der Waals surface area contributed by atoms with Crippen molar-refractivity contribution in [3.63, 3.8) is 0 Å². The Morgan fingerprint density at radius 3 is 2.48 bits per heavy atom. The van der Waals surface area contributed by atoms with E-state index in [1.807, 2.05) is 6.08 Å². The predicted molar refractivity (Wildman–Crippen MR) is 119 cm³/mol. The quantitative estimate of drug-likeness (QED) is 0.671. The van der Waals surface area contributed by atoms with Gasteiger partial charge < -0.3 is 5.11 Å². The van der Waals surface area contributed by atoms with Crippen LogP contribution in [-0.2, 0) is 9.59 Å². The van der Waals surface area contributed by atoms with Crippen molar-refractivity contribution in [3.8, 4) is 0 Å². The third-order valence-electron chi connectivity index (χ3n) is 9.21. The number of thioether (sulfide) groups is 1. The molecular weight excluding hydrogens is 380 g/mol. The number of fused-ring (bicyclic) bond motifs is 5. The van der Waals surface area contributed by atoms with Crippen LogP contribution < -0.4 is 0 Å². The smallest absolute Gasteiger partial charge is 0.174 e. The van der Waals surface area contributed by atoms with Gasteiger partial charge in [0.25, 0.3) is 0 Å². The number of hydrogen-bond acceptors (Lipinski definition) is 4. The van der Waals surface area contributed by atoms with Gasteiger partial charge in [-0.15, -0.1) is 11.8 Å². The van der Waals surface area contributed by atoms with Crippen molar-refractivity contribution in [2.45, 2.75) is 96.3 Å². The first-order chi connectivity index (χ1) is 13.4. The SMILES string of the molecule is CC(C)(C)SCC(=O)[C@]1(O)CCC2C3CCC4=CC(=O)CC[C@]4(C)C3CC[C@@]21C. The summed E-state index contributed by atoms with van der Waals surface area (Å²) in [6.45, 7) is 11.0. The first-order valence-electron chi connectivity index (χ1n) is 11.5.